The van der Waals surface area contributed by atoms with Gasteiger partial charge in [-0.25, -0.2) is 0 Å². The smallest absolute Gasteiger partial charge is 0.253 e. The largest absolute Gasteiger partial charge is 0.336 e. The van der Waals surface area contributed by atoms with Crippen LogP contribution in [0.5, 0.6) is 0 Å². The number of hydrogen-bond acceptors (Lipinski definition) is 2. The number of carbonyl (C=O) groups is 1. The summed E-state index contributed by atoms with van der Waals surface area (Å²) in [6, 6.07) is 16.5. The molecule has 2 aromatic rings. The summed E-state index contributed by atoms with van der Waals surface area (Å²) >= 11 is 3.53. The summed E-state index contributed by atoms with van der Waals surface area (Å²) in [5, 5.41) is 0. The number of amides is 1. The van der Waals surface area contributed by atoms with E-state index in [4.69, 9.17) is 0 Å². The zero-order valence-electron chi connectivity index (χ0n) is 15.8. The third-order valence-corrected chi connectivity index (χ3v) is 5.45. The fourth-order valence-corrected chi connectivity index (χ4v) is 3.74. The van der Waals surface area contributed by atoms with Gasteiger partial charge in [0.25, 0.3) is 5.91 Å². The molecule has 1 amide bonds. The second-order valence-corrected chi connectivity index (χ2v) is 8.94. The monoisotopic (exact) mass is 414 g/mol. The van der Waals surface area contributed by atoms with Crippen LogP contribution in [0.15, 0.2) is 53.0 Å². The Morgan fingerprint density at radius 3 is 2.23 bits per heavy atom. The summed E-state index contributed by atoms with van der Waals surface area (Å²) in [4.78, 5) is 17.2. The van der Waals surface area contributed by atoms with E-state index in [0.29, 0.717) is 0 Å². The minimum atomic E-state index is 0.111. The lowest BCUT2D eigenvalue weighted by molar-refractivity contribution is 0.0628. The molecule has 0 atom stereocenters. The van der Waals surface area contributed by atoms with Crippen LogP contribution in [0.3, 0.4) is 0 Å². The summed E-state index contributed by atoms with van der Waals surface area (Å²) in [5.74, 6) is 0.146. The zero-order valence-corrected chi connectivity index (χ0v) is 17.4. The van der Waals surface area contributed by atoms with Crippen LogP contribution in [-0.2, 0) is 12.0 Å². The molecule has 1 saturated heterocycles. The molecule has 1 fully saturated rings. The van der Waals surface area contributed by atoms with Gasteiger partial charge in [-0.05, 0) is 40.8 Å². The van der Waals surface area contributed by atoms with Crippen LogP contribution in [0.1, 0.15) is 42.3 Å². The lowest BCUT2D eigenvalue weighted by Crippen LogP contribution is -2.48. The lowest BCUT2D eigenvalue weighted by Gasteiger charge is -2.35. The molecule has 0 radical (unpaired) electrons. The van der Waals surface area contributed by atoms with Gasteiger partial charge >= 0.3 is 0 Å². The van der Waals surface area contributed by atoms with Gasteiger partial charge in [0.2, 0.25) is 0 Å². The Kier molecular flexibility index (Phi) is 5.83. The van der Waals surface area contributed by atoms with Crippen molar-refractivity contribution in [2.75, 3.05) is 26.2 Å². The van der Waals surface area contributed by atoms with Crippen molar-refractivity contribution < 1.29 is 4.79 Å². The fourth-order valence-electron chi connectivity index (χ4n) is 3.30. The number of rotatable bonds is 3. The van der Waals surface area contributed by atoms with E-state index >= 15 is 0 Å². The summed E-state index contributed by atoms with van der Waals surface area (Å²) in [6.07, 6.45) is 0. The van der Waals surface area contributed by atoms with Gasteiger partial charge in [-0.3, -0.25) is 9.69 Å². The number of carbonyl (C=O) groups excluding carboxylic acids is 1. The van der Waals surface area contributed by atoms with Crippen LogP contribution < -0.4 is 0 Å². The van der Waals surface area contributed by atoms with Gasteiger partial charge in [-0.1, -0.05) is 61.0 Å². The highest BCUT2D eigenvalue weighted by Crippen LogP contribution is 2.23. The van der Waals surface area contributed by atoms with Crippen molar-refractivity contribution in [2.24, 2.45) is 0 Å². The van der Waals surface area contributed by atoms with Crippen molar-refractivity contribution >= 4 is 21.8 Å². The molecular formula is C22H27BrN2O. The maximum Gasteiger partial charge on any atom is 0.253 e. The Labute approximate surface area is 165 Å². The summed E-state index contributed by atoms with van der Waals surface area (Å²) < 4.78 is 1.11. The molecule has 138 valence electrons. The lowest BCUT2D eigenvalue weighted by atomic mass is 9.86. The average molecular weight is 415 g/mol. The number of benzene rings is 2. The fraction of sp³-hybridized carbons (Fsp3) is 0.409. The number of hydrogen-bond donors (Lipinski definition) is 0. The van der Waals surface area contributed by atoms with Gasteiger partial charge in [0.05, 0.1) is 0 Å². The van der Waals surface area contributed by atoms with Crippen LogP contribution in [-0.4, -0.2) is 41.9 Å². The highest BCUT2D eigenvalue weighted by Gasteiger charge is 2.22. The molecule has 3 rings (SSSR count). The van der Waals surface area contributed by atoms with Gasteiger partial charge < -0.3 is 4.90 Å². The summed E-state index contributed by atoms with van der Waals surface area (Å²) in [7, 11) is 0. The van der Waals surface area contributed by atoms with Crippen molar-refractivity contribution in [1.82, 2.24) is 9.80 Å². The van der Waals surface area contributed by atoms with Crippen LogP contribution in [0.2, 0.25) is 0 Å². The van der Waals surface area contributed by atoms with Gasteiger partial charge in [0, 0.05) is 42.8 Å². The van der Waals surface area contributed by atoms with E-state index in [1.54, 1.807) is 0 Å². The molecule has 4 heteroatoms. The van der Waals surface area contributed by atoms with Crippen molar-refractivity contribution in [3.05, 3.63) is 69.7 Å². The summed E-state index contributed by atoms with van der Waals surface area (Å²) in [6.45, 7) is 10.9. The average Bonchev–Trinajstić information content (AvgIpc) is 2.61. The van der Waals surface area contributed by atoms with Crippen molar-refractivity contribution in [3.8, 4) is 0 Å². The maximum absolute atomic E-state index is 12.8. The van der Waals surface area contributed by atoms with Crippen molar-refractivity contribution in [2.45, 2.75) is 32.7 Å². The molecule has 0 bridgehead atoms. The van der Waals surface area contributed by atoms with Crippen LogP contribution in [0.25, 0.3) is 0 Å². The van der Waals surface area contributed by atoms with E-state index in [-0.39, 0.29) is 11.3 Å². The van der Waals surface area contributed by atoms with Crippen LogP contribution in [0.4, 0.5) is 0 Å². The molecular weight excluding hydrogens is 388 g/mol. The van der Waals surface area contributed by atoms with E-state index in [2.05, 4.69) is 71.9 Å². The molecule has 26 heavy (non-hydrogen) atoms. The SMILES string of the molecule is CC(C)(C)c1ccc(C(=O)N2CCN(Cc3cccc(Br)c3)CC2)cc1. The molecule has 0 N–H and O–H groups in total. The normalized spacial score (nSPS) is 15.9. The molecule has 0 spiro atoms. The Morgan fingerprint density at radius 1 is 1.00 bits per heavy atom. The Morgan fingerprint density at radius 2 is 1.65 bits per heavy atom. The minimum Gasteiger partial charge on any atom is -0.336 e. The van der Waals surface area contributed by atoms with Gasteiger partial charge in [0.15, 0.2) is 0 Å². The molecule has 1 aliphatic rings. The standard InChI is InChI=1S/C22H27BrN2O/c1-22(2,3)19-9-7-18(8-10-19)21(26)25-13-11-24(12-14-25)16-17-5-4-6-20(23)15-17/h4-10,15H,11-14,16H2,1-3H3. The molecule has 0 saturated carbocycles. The summed E-state index contributed by atoms with van der Waals surface area (Å²) in [5.41, 5.74) is 3.46. The first-order valence-electron chi connectivity index (χ1n) is 9.19. The number of piperazine rings is 1. The number of halogens is 1. The zero-order chi connectivity index (χ0) is 18.7. The molecule has 0 aromatic heterocycles. The predicted molar refractivity (Wildman–Crippen MR) is 110 cm³/mol. The minimum absolute atomic E-state index is 0.111. The second kappa shape index (κ2) is 7.93. The van der Waals surface area contributed by atoms with E-state index in [9.17, 15) is 4.79 Å². The van der Waals surface area contributed by atoms with E-state index in [1.165, 1.54) is 11.1 Å². The topological polar surface area (TPSA) is 23.6 Å². The van der Waals surface area contributed by atoms with E-state index in [1.807, 2.05) is 23.1 Å². The molecule has 2 aromatic carbocycles. The van der Waals surface area contributed by atoms with E-state index in [0.717, 1.165) is 42.8 Å². The molecule has 0 unspecified atom stereocenters. The van der Waals surface area contributed by atoms with Gasteiger partial charge in [-0.2, -0.15) is 0 Å². The van der Waals surface area contributed by atoms with Gasteiger partial charge in [-0.15, -0.1) is 0 Å². The maximum atomic E-state index is 12.8. The van der Waals surface area contributed by atoms with Gasteiger partial charge in [0.1, 0.15) is 0 Å². The highest BCUT2D eigenvalue weighted by molar-refractivity contribution is 9.10. The Bertz CT molecular complexity index is 756. The first kappa shape index (κ1) is 19.1. The third kappa shape index (κ3) is 4.74. The van der Waals surface area contributed by atoms with Crippen molar-refractivity contribution in [3.63, 3.8) is 0 Å². The highest BCUT2D eigenvalue weighted by atomic mass is 79.9. The molecule has 0 aliphatic carbocycles. The molecule has 3 nitrogen and oxygen atoms in total. The third-order valence-electron chi connectivity index (χ3n) is 4.95. The Balaban J connectivity index is 1.56. The van der Waals surface area contributed by atoms with E-state index < -0.39 is 0 Å². The second-order valence-electron chi connectivity index (χ2n) is 8.03. The molecule has 1 heterocycles. The first-order valence-corrected chi connectivity index (χ1v) is 9.99. The first-order chi connectivity index (χ1) is 12.3. The van der Waals surface area contributed by atoms with Crippen LogP contribution in [0, 0.1) is 0 Å². The number of nitrogens with zero attached hydrogens (tertiary/aromatic N) is 2. The molecule has 1 aliphatic heterocycles. The Hall–Kier alpha value is -1.65. The predicted octanol–water partition coefficient (Wildman–Crippen LogP) is 4.70. The van der Waals surface area contributed by atoms with Crippen LogP contribution >= 0.6 is 15.9 Å². The van der Waals surface area contributed by atoms with Crippen molar-refractivity contribution in [1.29, 1.82) is 0 Å². The quantitative estimate of drug-likeness (QED) is 0.725.